The maximum atomic E-state index is 4.83. The highest BCUT2D eigenvalue weighted by molar-refractivity contribution is 4.84. The number of hydrogen-bond donors (Lipinski definition) is 1. The molecule has 3 heteroatoms. The molecule has 0 aromatic rings. The summed E-state index contributed by atoms with van der Waals surface area (Å²) in [6, 6.07) is 0. The van der Waals surface area contributed by atoms with E-state index in [0.29, 0.717) is 12.7 Å². The Balaban J connectivity index is 2.36. The third kappa shape index (κ3) is 0.765. The molecule has 0 amide bonds. The zero-order valence-corrected chi connectivity index (χ0v) is 4.10. The predicted octanol–water partition coefficient (Wildman–Crippen LogP) is 0.00900. The molecule has 0 saturated heterocycles. The van der Waals surface area contributed by atoms with E-state index < -0.39 is 0 Å². The molecule has 0 aromatic heterocycles. The van der Waals surface area contributed by atoms with Crippen LogP contribution in [0.15, 0.2) is 12.1 Å². The van der Waals surface area contributed by atoms with Crippen LogP contribution >= 0.6 is 0 Å². The Morgan fingerprint density at radius 2 is 2.71 bits per heavy atom. The molecule has 0 unspecified atom stereocenters. The zero-order valence-electron chi connectivity index (χ0n) is 4.10. The molecule has 1 aliphatic heterocycles. The van der Waals surface area contributed by atoms with Gasteiger partial charge in [-0.2, -0.15) is 0 Å². The molecular formula is C4H7NO2. The van der Waals surface area contributed by atoms with Crippen molar-refractivity contribution in [2.24, 2.45) is 0 Å². The van der Waals surface area contributed by atoms with Crippen LogP contribution in [0.1, 0.15) is 0 Å². The van der Waals surface area contributed by atoms with E-state index in [9.17, 15) is 0 Å². The molecule has 40 valence electrons. The normalized spacial score (nSPS) is 17.0. The molecule has 0 spiro atoms. The summed E-state index contributed by atoms with van der Waals surface area (Å²) >= 11 is 0. The van der Waals surface area contributed by atoms with Crippen LogP contribution in [0.4, 0.5) is 0 Å². The van der Waals surface area contributed by atoms with Crippen LogP contribution in [0.25, 0.3) is 0 Å². The first-order chi connectivity index (χ1) is 3.43. The topological polar surface area (TPSA) is 30.5 Å². The van der Waals surface area contributed by atoms with Gasteiger partial charge in [-0.1, -0.05) is 0 Å². The summed E-state index contributed by atoms with van der Waals surface area (Å²) in [5.41, 5.74) is 0. The lowest BCUT2D eigenvalue weighted by Gasteiger charge is -1.94. The van der Waals surface area contributed by atoms with Crippen molar-refractivity contribution < 1.29 is 9.47 Å². The van der Waals surface area contributed by atoms with Gasteiger partial charge in [0.05, 0.1) is 0 Å². The molecule has 3 nitrogen and oxygen atoms in total. The summed E-state index contributed by atoms with van der Waals surface area (Å²) in [6.45, 7) is 0.343. The lowest BCUT2D eigenvalue weighted by atomic mass is 10.9. The fourth-order valence-electron chi connectivity index (χ4n) is 0.372. The van der Waals surface area contributed by atoms with Crippen molar-refractivity contribution in [2.75, 3.05) is 13.8 Å². The predicted molar refractivity (Wildman–Crippen MR) is 24.2 cm³/mol. The van der Waals surface area contributed by atoms with Crippen LogP contribution in [0.5, 0.6) is 0 Å². The quantitative estimate of drug-likeness (QED) is 0.504. The van der Waals surface area contributed by atoms with Crippen LogP contribution < -0.4 is 5.32 Å². The fourth-order valence-corrected chi connectivity index (χ4v) is 0.372. The minimum Gasteiger partial charge on any atom is -0.459 e. The summed E-state index contributed by atoms with van der Waals surface area (Å²) < 4.78 is 9.53. The smallest absolute Gasteiger partial charge is 0.232 e. The molecule has 0 aromatic carbocycles. The lowest BCUT2D eigenvalue weighted by molar-refractivity contribution is 0.0756. The van der Waals surface area contributed by atoms with Crippen molar-refractivity contribution in [1.29, 1.82) is 0 Å². The van der Waals surface area contributed by atoms with Gasteiger partial charge in [-0.05, 0) is 0 Å². The van der Waals surface area contributed by atoms with Gasteiger partial charge in [0.2, 0.25) is 12.7 Å². The van der Waals surface area contributed by atoms with Crippen molar-refractivity contribution in [3.8, 4) is 0 Å². The van der Waals surface area contributed by atoms with Crippen LogP contribution in [0.2, 0.25) is 0 Å². The van der Waals surface area contributed by atoms with E-state index in [1.807, 2.05) is 0 Å². The Labute approximate surface area is 41.9 Å². The van der Waals surface area contributed by atoms with Crippen LogP contribution in [0, 0.1) is 0 Å². The third-order valence-corrected chi connectivity index (χ3v) is 0.719. The fraction of sp³-hybridized carbons (Fsp3) is 0.500. The summed E-state index contributed by atoms with van der Waals surface area (Å²) in [4.78, 5) is 0. The Morgan fingerprint density at radius 1 is 1.86 bits per heavy atom. The van der Waals surface area contributed by atoms with Gasteiger partial charge in [-0.3, -0.25) is 0 Å². The molecule has 1 aliphatic rings. The first-order valence-electron chi connectivity index (χ1n) is 2.06. The molecule has 1 rings (SSSR count). The van der Waals surface area contributed by atoms with Crippen molar-refractivity contribution in [3.05, 3.63) is 12.1 Å². The van der Waals surface area contributed by atoms with Gasteiger partial charge in [-0.25, -0.2) is 0 Å². The maximum absolute atomic E-state index is 4.83. The highest BCUT2D eigenvalue weighted by Gasteiger charge is 1.99. The highest BCUT2D eigenvalue weighted by Crippen LogP contribution is 1.99. The molecule has 0 radical (unpaired) electrons. The van der Waals surface area contributed by atoms with Crippen molar-refractivity contribution in [2.45, 2.75) is 0 Å². The van der Waals surface area contributed by atoms with Gasteiger partial charge in [0.25, 0.3) is 0 Å². The number of hydrogen-bond acceptors (Lipinski definition) is 3. The first-order valence-corrected chi connectivity index (χ1v) is 2.06. The van der Waals surface area contributed by atoms with Crippen molar-refractivity contribution >= 4 is 0 Å². The van der Waals surface area contributed by atoms with Crippen LogP contribution in [-0.2, 0) is 9.47 Å². The Bertz CT molecular complexity index is 89.7. The minimum absolute atomic E-state index is 0.343. The van der Waals surface area contributed by atoms with E-state index in [1.165, 1.54) is 0 Å². The maximum Gasteiger partial charge on any atom is 0.232 e. The highest BCUT2D eigenvalue weighted by atomic mass is 16.7. The molecule has 0 saturated carbocycles. The molecule has 7 heavy (non-hydrogen) atoms. The van der Waals surface area contributed by atoms with Gasteiger partial charge in [-0.15, -0.1) is 0 Å². The SMILES string of the molecule is CNC1=COCO1. The largest absolute Gasteiger partial charge is 0.459 e. The molecule has 1 N–H and O–H groups in total. The molecule has 0 atom stereocenters. The summed E-state index contributed by atoms with van der Waals surface area (Å²) in [5.74, 6) is 0.694. The van der Waals surface area contributed by atoms with Gasteiger partial charge in [0.15, 0.2) is 0 Å². The Kier molecular flexibility index (Phi) is 1.06. The second-order valence-corrected chi connectivity index (χ2v) is 1.16. The lowest BCUT2D eigenvalue weighted by Crippen LogP contribution is -2.04. The third-order valence-electron chi connectivity index (χ3n) is 0.719. The van der Waals surface area contributed by atoms with Crippen LogP contribution in [0.3, 0.4) is 0 Å². The average Bonchev–Trinajstić information content (AvgIpc) is 2.14. The van der Waals surface area contributed by atoms with E-state index in [1.54, 1.807) is 13.3 Å². The molecular weight excluding hydrogens is 94.0 g/mol. The van der Waals surface area contributed by atoms with Crippen molar-refractivity contribution in [3.63, 3.8) is 0 Å². The van der Waals surface area contributed by atoms with Gasteiger partial charge in [0, 0.05) is 7.05 Å². The standard InChI is InChI=1S/C4H7NO2/c1-5-4-2-6-3-7-4/h2,5H,3H2,1H3. The van der Waals surface area contributed by atoms with Gasteiger partial charge >= 0.3 is 0 Å². The van der Waals surface area contributed by atoms with Crippen LogP contribution in [-0.4, -0.2) is 13.8 Å². The summed E-state index contributed by atoms with van der Waals surface area (Å²) in [5, 5.41) is 2.78. The van der Waals surface area contributed by atoms with E-state index in [4.69, 9.17) is 9.47 Å². The number of ether oxygens (including phenoxy) is 2. The molecule has 0 fully saturated rings. The van der Waals surface area contributed by atoms with E-state index in [0.717, 1.165) is 0 Å². The van der Waals surface area contributed by atoms with Gasteiger partial charge < -0.3 is 14.8 Å². The molecule has 0 aliphatic carbocycles. The average molecular weight is 101 g/mol. The summed E-state index contributed by atoms with van der Waals surface area (Å²) in [7, 11) is 1.78. The minimum atomic E-state index is 0.343. The van der Waals surface area contributed by atoms with E-state index in [2.05, 4.69) is 5.32 Å². The number of nitrogens with one attached hydrogen (secondary N) is 1. The first kappa shape index (κ1) is 4.30. The van der Waals surface area contributed by atoms with E-state index in [-0.39, 0.29) is 0 Å². The van der Waals surface area contributed by atoms with Gasteiger partial charge in [0.1, 0.15) is 6.26 Å². The number of rotatable bonds is 1. The van der Waals surface area contributed by atoms with E-state index >= 15 is 0 Å². The monoisotopic (exact) mass is 101 g/mol. The second-order valence-electron chi connectivity index (χ2n) is 1.16. The van der Waals surface area contributed by atoms with Crippen molar-refractivity contribution in [1.82, 2.24) is 5.32 Å². The summed E-state index contributed by atoms with van der Waals surface area (Å²) in [6.07, 6.45) is 1.54. The molecule has 1 heterocycles. The Hall–Kier alpha value is -0.860. The second kappa shape index (κ2) is 1.73. The Morgan fingerprint density at radius 3 is 3.00 bits per heavy atom. The molecule has 0 bridgehead atoms. The zero-order chi connectivity index (χ0) is 5.11.